The molecule has 0 atom stereocenters. The summed E-state index contributed by atoms with van der Waals surface area (Å²) in [5, 5.41) is 16.4. The quantitative estimate of drug-likeness (QED) is 0.484. The van der Waals surface area contributed by atoms with Crippen LogP contribution in [0.2, 0.25) is 0 Å². The van der Waals surface area contributed by atoms with E-state index in [1.165, 1.54) is 0 Å². The minimum atomic E-state index is -4.31. The van der Waals surface area contributed by atoms with Crippen LogP contribution < -0.4 is 10.6 Å². The molecule has 3 N–H and O–H groups in total. The molecular formula is C18H26F3N3O2. The number of aliphatic hydroxyl groups is 1. The van der Waals surface area contributed by atoms with E-state index >= 15 is 0 Å². The van der Waals surface area contributed by atoms with Crippen LogP contribution in [-0.2, 0) is 17.9 Å². The van der Waals surface area contributed by atoms with E-state index in [4.69, 9.17) is 0 Å². The molecule has 0 unspecified atom stereocenters. The summed E-state index contributed by atoms with van der Waals surface area (Å²) < 4.78 is 40.8. The predicted octanol–water partition coefficient (Wildman–Crippen LogP) is 2.74. The average molecular weight is 373 g/mol. The maximum Gasteiger partial charge on any atom is 0.411 e. The van der Waals surface area contributed by atoms with Gasteiger partial charge in [-0.25, -0.2) is 4.99 Å². The summed E-state index contributed by atoms with van der Waals surface area (Å²) in [7, 11) is 0. The van der Waals surface area contributed by atoms with E-state index in [1.807, 2.05) is 19.1 Å². The van der Waals surface area contributed by atoms with Gasteiger partial charge >= 0.3 is 6.18 Å². The lowest BCUT2D eigenvalue weighted by molar-refractivity contribution is -0.176. The summed E-state index contributed by atoms with van der Waals surface area (Å²) in [6.07, 6.45) is -1.66. The molecule has 0 aliphatic heterocycles. The molecule has 1 aromatic rings. The maximum atomic E-state index is 12.1. The summed E-state index contributed by atoms with van der Waals surface area (Å²) in [5.41, 5.74) is 0.984. The van der Waals surface area contributed by atoms with Gasteiger partial charge in [0.15, 0.2) is 5.96 Å². The Morgan fingerprint density at radius 3 is 2.38 bits per heavy atom. The molecule has 0 radical (unpaired) electrons. The first-order valence-corrected chi connectivity index (χ1v) is 8.76. The fourth-order valence-corrected chi connectivity index (χ4v) is 2.55. The number of guanidine groups is 1. The molecule has 0 bridgehead atoms. The molecule has 1 aliphatic carbocycles. The van der Waals surface area contributed by atoms with E-state index in [2.05, 4.69) is 20.4 Å². The molecule has 146 valence electrons. The molecule has 2 rings (SSSR count). The van der Waals surface area contributed by atoms with E-state index in [-0.39, 0.29) is 6.61 Å². The lowest BCUT2D eigenvalue weighted by atomic mass is 9.80. The first-order chi connectivity index (χ1) is 12.3. The Balaban J connectivity index is 1.82. The minimum Gasteiger partial charge on any atom is -0.388 e. The van der Waals surface area contributed by atoms with Crippen molar-refractivity contribution < 1.29 is 23.0 Å². The Morgan fingerprint density at radius 1 is 1.19 bits per heavy atom. The van der Waals surface area contributed by atoms with Crippen molar-refractivity contribution in [1.82, 2.24) is 10.6 Å². The van der Waals surface area contributed by atoms with Gasteiger partial charge in [0.1, 0.15) is 6.61 Å². The molecule has 0 spiro atoms. The molecule has 0 heterocycles. The number of rotatable bonds is 8. The molecule has 1 fully saturated rings. The van der Waals surface area contributed by atoms with Crippen LogP contribution in [0, 0.1) is 0 Å². The number of nitrogens with zero attached hydrogens (tertiary/aromatic N) is 1. The first-order valence-electron chi connectivity index (χ1n) is 8.76. The predicted molar refractivity (Wildman–Crippen MR) is 93.8 cm³/mol. The van der Waals surface area contributed by atoms with E-state index < -0.39 is 18.4 Å². The van der Waals surface area contributed by atoms with Gasteiger partial charge in [-0.05, 0) is 37.3 Å². The third-order valence-corrected chi connectivity index (χ3v) is 4.19. The Kier molecular flexibility index (Phi) is 7.28. The zero-order valence-electron chi connectivity index (χ0n) is 14.9. The first kappa shape index (κ1) is 20.5. The Morgan fingerprint density at radius 2 is 1.85 bits per heavy atom. The van der Waals surface area contributed by atoms with Gasteiger partial charge in [-0.3, -0.25) is 0 Å². The molecule has 26 heavy (non-hydrogen) atoms. The molecule has 5 nitrogen and oxygen atoms in total. The van der Waals surface area contributed by atoms with Crippen molar-refractivity contribution in [2.24, 2.45) is 4.99 Å². The van der Waals surface area contributed by atoms with Gasteiger partial charge in [0, 0.05) is 13.1 Å². The van der Waals surface area contributed by atoms with Crippen molar-refractivity contribution in [3.8, 4) is 0 Å². The largest absolute Gasteiger partial charge is 0.411 e. The average Bonchev–Trinajstić information content (AvgIpc) is 2.56. The van der Waals surface area contributed by atoms with Gasteiger partial charge in [-0.2, -0.15) is 13.2 Å². The number of alkyl halides is 3. The minimum absolute atomic E-state index is 0.0775. The molecule has 8 heteroatoms. The fourth-order valence-electron chi connectivity index (χ4n) is 2.55. The van der Waals surface area contributed by atoms with Crippen molar-refractivity contribution in [1.29, 1.82) is 0 Å². The topological polar surface area (TPSA) is 65.9 Å². The van der Waals surface area contributed by atoms with Crippen molar-refractivity contribution >= 4 is 5.96 Å². The third-order valence-electron chi connectivity index (χ3n) is 4.19. The van der Waals surface area contributed by atoms with E-state index in [9.17, 15) is 18.3 Å². The number of benzene rings is 1. The second kappa shape index (κ2) is 9.23. The molecule has 1 aliphatic rings. The number of halogens is 3. The molecule has 0 aromatic heterocycles. The number of aliphatic imine (C=N–C) groups is 1. The van der Waals surface area contributed by atoms with Gasteiger partial charge in [-0.15, -0.1) is 0 Å². The second-order valence-corrected chi connectivity index (χ2v) is 6.55. The van der Waals surface area contributed by atoms with Gasteiger partial charge in [0.25, 0.3) is 0 Å². The smallest absolute Gasteiger partial charge is 0.388 e. The number of hydrogen-bond donors (Lipinski definition) is 3. The summed E-state index contributed by atoms with van der Waals surface area (Å²) in [5.74, 6) is 0.630. The highest BCUT2D eigenvalue weighted by Crippen LogP contribution is 2.30. The maximum absolute atomic E-state index is 12.1. The molecule has 1 saturated carbocycles. The van der Waals surface area contributed by atoms with Crippen LogP contribution in [0.3, 0.4) is 0 Å². The number of ether oxygens (including phenoxy) is 1. The number of hydrogen-bond acceptors (Lipinski definition) is 3. The zero-order valence-corrected chi connectivity index (χ0v) is 14.9. The van der Waals surface area contributed by atoms with Crippen molar-refractivity contribution in [2.45, 2.75) is 51.1 Å². The molecular weight excluding hydrogens is 347 g/mol. The Labute approximate surface area is 151 Å². The zero-order chi connectivity index (χ0) is 19.0. The monoisotopic (exact) mass is 373 g/mol. The molecule has 1 aromatic carbocycles. The highest BCUT2D eigenvalue weighted by Gasteiger charge is 2.34. The van der Waals surface area contributed by atoms with Gasteiger partial charge in [0.05, 0.1) is 18.8 Å². The van der Waals surface area contributed by atoms with Crippen molar-refractivity contribution in [3.63, 3.8) is 0 Å². The Bertz CT molecular complexity index is 584. The van der Waals surface area contributed by atoms with Crippen molar-refractivity contribution in [3.05, 3.63) is 35.4 Å². The van der Waals surface area contributed by atoms with Crippen LogP contribution in [0.4, 0.5) is 13.2 Å². The summed E-state index contributed by atoms with van der Waals surface area (Å²) >= 11 is 0. The summed E-state index contributed by atoms with van der Waals surface area (Å²) in [4.78, 5) is 4.47. The van der Waals surface area contributed by atoms with Gasteiger partial charge in [-0.1, -0.05) is 24.3 Å². The van der Waals surface area contributed by atoms with E-state index in [0.29, 0.717) is 31.2 Å². The van der Waals surface area contributed by atoms with Crippen LogP contribution in [-0.4, -0.2) is 42.5 Å². The van der Waals surface area contributed by atoms with E-state index in [1.54, 1.807) is 12.1 Å². The lowest BCUT2D eigenvalue weighted by Crippen LogP contribution is -2.50. The van der Waals surface area contributed by atoms with Crippen molar-refractivity contribution in [2.75, 3.05) is 19.7 Å². The van der Waals surface area contributed by atoms with Crippen LogP contribution >= 0.6 is 0 Å². The molecule has 0 amide bonds. The lowest BCUT2D eigenvalue weighted by Gasteiger charge is -2.37. The van der Waals surface area contributed by atoms with Gasteiger partial charge in [0.2, 0.25) is 0 Å². The second-order valence-electron chi connectivity index (χ2n) is 6.55. The fraction of sp³-hybridized carbons (Fsp3) is 0.611. The van der Waals surface area contributed by atoms with Crippen LogP contribution in [0.25, 0.3) is 0 Å². The SMILES string of the molecule is CCNC(=NCc1ccc(COCC(F)(F)F)cc1)NCC1(O)CCC1. The third kappa shape index (κ3) is 7.21. The van der Waals surface area contributed by atoms with Gasteiger partial charge < -0.3 is 20.5 Å². The van der Waals surface area contributed by atoms with E-state index in [0.717, 1.165) is 24.8 Å². The Hall–Kier alpha value is -1.80. The standard InChI is InChI=1S/C18H26F3N3O2/c1-2-22-16(24-12-17(25)8-3-9-17)23-10-14-4-6-15(7-5-14)11-26-13-18(19,20)21/h4-7,25H,2-3,8-13H2,1H3,(H2,22,23,24). The normalized spacial score (nSPS) is 16.9. The molecule has 0 saturated heterocycles. The highest BCUT2D eigenvalue weighted by atomic mass is 19.4. The number of nitrogens with one attached hydrogen (secondary N) is 2. The highest BCUT2D eigenvalue weighted by molar-refractivity contribution is 5.79. The van der Waals surface area contributed by atoms with Crippen LogP contribution in [0.15, 0.2) is 29.3 Å². The summed E-state index contributed by atoms with van der Waals surface area (Å²) in [6.45, 7) is 2.24. The summed E-state index contributed by atoms with van der Waals surface area (Å²) in [6, 6.07) is 7.11. The van der Waals surface area contributed by atoms with Crippen LogP contribution in [0.5, 0.6) is 0 Å². The van der Waals surface area contributed by atoms with Crippen LogP contribution in [0.1, 0.15) is 37.3 Å².